The van der Waals surface area contributed by atoms with Crippen molar-refractivity contribution in [3.8, 4) is 28.6 Å². The highest BCUT2D eigenvalue weighted by Gasteiger charge is 2.52. The van der Waals surface area contributed by atoms with Crippen molar-refractivity contribution < 1.29 is 27.8 Å². The van der Waals surface area contributed by atoms with Crippen molar-refractivity contribution in [2.75, 3.05) is 7.11 Å². The Bertz CT molecular complexity index is 1220. The van der Waals surface area contributed by atoms with Gasteiger partial charge in [-0.3, -0.25) is 9.78 Å². The topological polar surface area (TPSA) is 70.5 Å². The maximum Gasteiger partial charge on any atom is 0.586 e. The van der Waals surface area contributed by atoms with Gasteiger partial charge in [0.1, 0.15) is 5.78 Å². The monoisotopic (exact) mass is 438 g/mol. The molecule has 164 valence electrons. The first-order valence-electron chi connectivity index (χ1n) is 10.2. The van der Waals surface area contributed by atoms with E-state index in [1.54, 1.807) is 25.4 Å². The number of ketones is 1. The van der Waals surface area contributed by atoms with Gasteiger partial charge in [-0.1, -0.05) is 12.1 Å². The summed E-state index contributed by atoms with van der Waals surface area (Å²) in [6.07, 6.45) is -0.584. The number of hydrogen-bond acceptors (Lipinski definition) is 6. The quantitative estimate of drug-likeness (QED) is 0.559. The number of Topliss-reactive ketones (excluding diaryl/α,β-unsaturated/α-hetero) is 1. The lowest BCUT2D eigenvalue weighted by molar-refractivity contribution is -0.286. The van der Waals surface area contributed by atoms with E-state index >= 15 is 0 Å². The minimum Gasteiger partial charge on any atom is -0.481 e. The molecule has 5 rings (SSSR count). The fourth-order valence-corrected chi connectivity index (χ4v) is 4.06. The second kappa shape index (κ2) is 7.25. The minimum absolute atomic E-state index is 0.00209. The number of alkyl halides is 2. The molecule has 0 bridgehead atoms. The third-order valence-electron chi connectivity index (χ3n) is 5.95. The molecule has 3 heterocycles. The van der Waals surface area contributed by atoms with Crippen LogP contribution in [0.2, 0.25) is 0 Å². The SMILES string of the molecule is COc1cc(-c2nc(CC(=O)C3(c4ccc5c(c4)OC(F)(F)O5)CC3)ccc2C)ccn1. The highest BCUT2D eigenvalue weighted by molar-refractivity contribution is 5.94. The molecule has 0 unspecified atom stereocenters. The molecular weight excluding hydrogens is 418 g/mol. The molecule has 1 aromatic carbocycles. The lowest BCUT2D eigenvalue weighted by atomic mass is 9.88. The lowest BCUT2D eigenvalue weighted by Gasteiger charge is -2.15. The number of aromatic nitrogens is 2. The van der Waals surface area contributed by atoms with E-state index in [-0.39, 0.29) is 23.7 Å². The predicted molar refractivity (Wildman–Crippen MR) is 111 cm³/mol. The fraction of sp³-hybridized carbons (Fsp3) is 0.292. The molecule has 1 saturated carbocycles. The standard InChI is InChI=1S/C24H20F2N2O4/c1-14-3-5-17(28-22(14)15-7-10-27-21(11-15)30-2)13-20(29)23(8-9-23)16-4-6-18-19(12-16)32-24(25,26)31-18/h3-7,10-12H,8-9,13H2,1-2H3. The van der Waals surface area contributed by atoms with E-state index in [1.165, 1.54) is 12.1 Å². The number of ether oxygens (including phenoxy) is 3. The Morgan fingerprint density at radius 3 is 2.62 bits per heavy atom. The fourth-order valence-electron chi connectivity index (χ4n) is 4.06. The molecule has 6 nitrogen and oxygen atoms in total. The van der Waals surface area contributed by atoms with Crippen LogP contribution in [0, 0.1) is 6.92 Å². The van der Waals surface area contributed by atoms with E-state index < -0.39 is 11.7 Å². The number of carbonyl (C=O) groups is 1. The Balaban J connectivity index is 1.40. The summed E-state index contributed by atoms with van der Waals surface area (Å²) < 4.78 is 40.9. The van der Waals surface area contributed by atoms with E-state index in [0.717, 1.165) is 16.8 Å². The summed E-state index contributed by atoms with van der Waals surface area (Å²) in [6, 6.07) is 12.0. The Morgan fingerprint density at radius 1 is 1.09 bits per heavy atom. The van der Waals surface area contributed by atoms with E-state index in [9.17, 15) is 13.6 Å². The second-order valence-corrected chi connectivity index (χ2v) is 8.07. The number of fused-ring (bicyclic) bond motifs is 1. The molecule has 8 heteroatoms. The Hall–Kier alpha value is -3.55. The van der Waals surface area contributed by atoms with Crippen LogP contribution in [0.25, 0.3) is 11.3 Å². The average Bonchev–Trinajstić information content (AvgIpc) is 3.52. The van der Waals surface area contributed by atoms with Gasteiger partial charge >= 0.3 is 6.29 Å². The van der Waals surface area contributed by atoms with Crippen molar-refractivity contribution in [1.29, 1.82) is 0 Å². The highest BCUT2D eigenvalue weighted by Crippen LogP contribution is 2.52. The van der Waals surface area contributed by atoms with E-state index in [0.29, 0.717) is 30.0 Å². The van der Waals surface area contributed by atoms with Gasteiger partial charge in [-0.25, -0.2) is 4.98 Å². The summed E-state index contributed by atoms with van der Waals surface area (Å²) in [5.41, 5.74) is 3.17. The first-order valence-corrected chi connectivity index (χ1v) is 10.2. The number of halogens is 2. The molecule has 3 aromatic rings. The van der Waals surface area contributed by atoms with Gasteiger partial charge in [0.2, 0.25) is 5.88 Å². The smallest absolute Gasteiger partial charge is 0.481 e. The first kappa shape index (κ1) is 20.4. The molecule has 0 saturated heterocycles. The molecule has 2 aromatic heterocycles. The van der Waals surface area contributed by atoms with Gasteiger partial charge in [0.25, 0.3) is 0 Å². The van der Waals surface area contributed by atoms with E-state index in [1.807, 2.05) is 25.1 Å². The van der Waals surface area contributed by atoms with Crippen molar-refractivity contribution in [1.82, 2.24) is 9.97 Å². The molecule has 0 amide bonds. The second-order valence-electron chi connectivity index (χ2n) is 8.07. The highest BCUT2D eigenvalue weighted by atomic mass is 19.3. The summed E-state index contributed by atoms with van der Waals surface area (Å²) >= 11 is 0. The third kappa shape index (κ3) is 3.55. The van der Waals surface area contributed by atoms with Gasteiger partial charge in [0.05, 0.1) is 18.2 Å². The van der Waals surface area contributed by atoms with Gasteiger partial charge in [-0.05, 0) is 55.2 Å². The van der Waals surface area contributed by atoms with Crippen molar-refractivity contribution in [3.05, 3.63) is 65.5 Å². The number of carbonyl (C=O) groups excluding carboxylic acids is 1. The molecule has 0 atom stereocenters. The van der Waals surface area contributed by atoms with Crippen LogP contribution in [-0.2, 0) is 16.6 Å². The van der Waals surface area contributed by atoms with Crippen LogP contribution in [0.4, 0.5) is 8.78 Å². The lowest BCUT2D eigenvalue weighted by Crippen LogP contribution is -2.26. The van der Waals surface area contributed by atoms with Gasteiger partial charge in [-0.2, -0.15) is 0 Å². The summed E-state index contributed by atoms with van der Waals surface area (Å²) in [6.45, 7) is 1.95. The van der Waals surface area contributed by atoms with Crippen LogP contribution in [0.5, 0.6) is 17.4 Å². The molecule has 1 aliphatic carbocycles. The maximum atomic E-state index is 13.4. The predicted octanol–water partition coefficient (Wildman–Crippen LogP) is 4.63. The number of pyridine rings is 2. The van der Waals surface area contributed by atoms with Crippen LogP contribution in [0.3, 0.4) is 0 Å². The average molecular weight is 438 g/mol. The molecule has 1 fully saturated rings. The number of benzene rings is 1. The number of aryl methyl sites for hydroxylation is 1. The Morgan fingerprint density at radius 2 is 1.88 bits per heavy atom. The van der Waals surface area contributed by atoms with Crippen molar-refractivity contribution in [2.24, 2.45) is 0 Å². The molecule has 1 aliphatic heterocycles. The van der Waals surface area contributed by atoms with Gasteiger partial charge < -0.3 is 14.2 Å². The Kier molecular flexibility index (Phi) is 4.62. The van der Waals surface area contributed by atoms with Crippen LogP contribution < -0.4 is 14.2 Å². The van der Waals surface area contributed by atoms with Crippen LogP contribution in [0.1, 0.15) is 29.7 Å². The normalized spacial score (nSPS) is 17.1. The molecule has 32 heavy (non-hydrogen) atoms. The summed E-state index contributed by atoms with van der Waals surface area (Å²) in [4.78, 5) is 22.1. The number of nitrogens with zero attached hydrogens (tertiary/aromatic N) is 2. The Labute approximate surface area is 183 Å². The number of hydrogen-bond donors (Lipinski definition) is 0. The first-order chi connectivity index (χ1) is 15.3. The third-order valence-corrected chi connectivity index (χ3v) is 5.95. The van der Waals surface area contributed by atoms with Gasteiger partial charge in [0.15, 0.2) is 11.5 Å². The maximum absolute atomic E-state index is 13.4. The largest absolute Gasteiger partial charge is 0.586 e. The van der Waals surface area contributed by atoms with Crippen molar-refractivity contribution >= 4 is 5.78 Å². The van der Waals surface area contributed by atoms with E-state index in [2.05, 4.69) is 14.5 Å². The molecule has 0 N–H and O–H groups in total. The van der Waals surface area contributed by atoms with E-state index in [4.69, 9.17) is 9.72 Å². The van der Waals surface area contributed by atoms with Crippen molar-refractivity contribution in [3.63, 3.8) is 0 Å². The molecule has 2 aliphatic rings. The molecule has 0 radical (unpaired) electrons. The van der Waals surface area contributed by atoms with Gasteiger partial charge in [-0.15, -0.1) is 8.78 Å². The van der Waals surface area contributed by atoms with Crippen LogP contribution in [-0.4, -0.2) is 29.2 Å². The van der Waals surface area contributed by atoms with Crippen LogP contribution in [0.15, 0.2) is 48.7 Å². The molecule has 0 spiro atoms. The summed E-state index contributed by atoms with van der Waals surface area (Å²) in [7, 11) is 1.55. The zero-order valence-corrected chi connectivity index (χ0v) is 17.5. The minimum atomic E-state index is -3.68. The number of methoxy groups -OCH3 is 1. The van der Waals surface area contributed by atoms with Crippen LogP contribution >= 0.6 is 0 Å². The molecular formula is C24H20F2N2O4. The zero-order chi connectivity index (χ0) is 22.5. The summed E-state index contributed by atoms with van der Waals surface area (Å²) in [5, 5.41) is 0. The van der Waals surface area contributed by atoms with Gasteiger partial charge in [0, 0.05) is 29.9 Å². The van der Waals surface area contributed by atoms with Crippen molar-refractivity contribution in [2.45, 2.75) is 37.9 Å². The zero-order valence-electron chi connectivity index (χ0n) is 17.5. The number of rotatable bonds is 6. The summed E-state index contributed by atoms with van der Waals surface area (Å²) in [5.74, 6) is 0.404.